The van der Waals surface area contributed by atoms with E-state index in [9.17, 15) is 4.79 Å². The summed E-state index contributed by atoms with van der Waals surface area (Å²) in [7, 11) is 0. The van der Waals surface area contributed by atoms with Crippen LogP contribution in [0.4, 0.5) is 5.13 Å². The molecule has 0 spiro atoms. The minimum Gasteiger partial charge on any atom is -0.490 e. The topological polar surface area (TPSA) is 77.2 Å². The number of amides is 1. The standard InChI is InChI=1S/C19H15N3O3S/c1-2-24-15-5-3-4-13-10-16(25-17(13)15)18(23)22-19-21-14(11-26-19)12-6-8-20-9-7-12/h3-11H,2H2,1H3,(H,21,22,23). The molecule has 0 aliphatic carbocycles. The quantitative estimate of drug-likeness (QED) is 0.559. The largest absolute Gasteiger partial charge is 0.490 e. The summed E-state index contributed by atoms with van der Waals surface area (Å²) >= 11 is 1.36. The molecule has 1 amide bonds. The van der Waals surface area contributed by atoms with Crippen molar-refractivity contribution in [3.05, 3.63) is 59.9 Å². The molecule has 6 nitrogen and oxygen atoms in total. The minimum absolute atomic E-state index is 0.216. The summed E-state index contributed by atoms with van der Waals surface area (Å²) in [4.78, 5) is 20.9. The number of para-hydroxylation sites is 1. The molecule has 4 rings (SSSR count). The number of rotatable bonds is 5. The van der Waals surface area contributed by atoms with Gasteiger partial charge >= 0.3 is 0 Å². The zero-order valence-corrected chi connectivity index (χ0v) is 14.7. The number of ether oxygens (including phenoxy) is 1. The summed E-state index contributed by atoms with van der Waals surface area (Å²) in [6.07, 6.45) is 3.41. The van der Waals surface area contributed by atoms with Crippen LogP contribution in [0.1, 0.15) is 17.5 Å². The molecule has 26 heavy (non-hydrogen) atoms. The summed E-state index contributed by atoms with van der Waals surface area (Å²) < 4.78 is 11.3. The fourth-order valence-electron chi connectivity index (χ4n) is 2.56. The van der Waals surface area contributed by atoms with Crippen molar-refractivity contribution in [2.24, 2.45) is 0 Å². The molecule has 0 aliphatic heterocycles. The highest BCUT2D eigenvalue weighted by molar-refractivity contribution is 7.14. The predicted molar refractivity (Wildman–Crippen MR) is 101 cm³/mol. The van der Waals surface area contributed by atoms with Crippen LogP contribution in [0.3, 0.4) is 0 Å². The second-order valence-corrected chi connectivity index (χ2v) is 6.30. The number of benzene rings is 1. The molecule has 0 radical (unpaired) electrons. The molecule has 3 aromatic heterocycles. The number of nitrogens with zero attached hydrogens (tertiary/aromatic N) is 2. The smallest absolute Gasteiger partial charge is 0.293 e. The number of nitrogens with one attached hydrogen (secondary N) is 1. The van der Waals surface area contributed by atoms with Gasteiger partial charge in [-0.05, 0) is 31.2 Å². The van der Waals surface area contributed by atoms with Crippen molar-refractivity contribution in [2.45, 2.75) is 6.92 Å². The Balaban J connectivity index is 1.56. The van der Waals surface area contributed by atoms with Gasteiger partial charge in [0.25, 0.3) is 5.91 Å². The number of anilines is 1. The highest BCUT2D eigenvalue weighted by atomic mass is 32.1. The summed E-state index contributed by atoms with van der Waals surface area (Å²) in [6.45, 7) is 2.43. The lowest BCUT2D eigenvalue weighted by Crippen LogP contribution is -2.10. The molecule has 0 unspecified atom stereocenters. The predicted octanol–water partition coefficient (Wildman–Crippen LogP) is 4.60. The van der Waals surface area contributed by atoms with Gasteiger partial charge in [-0.15, -0.1) is 11.3 Å². The number of thiazole rings is 1. The van der Waals surface area contributed by atoms with Gasteiger partial charge in [-0.3, -0.25) is 15.1 Å². The van der Waals surface area contributed by atoms with E-state index in [1.807, 2.05) is 42.6 Å². The Morgan fingerprint density at radius 1 is 1.27 bits per heavy atom. The maximum atomic E-state index is 12.5. The van der Waals surface area contributed by atoms with Gasteiger partial charge in [-0.25, -0.2) is 4.98 Å². The number of pyridine rings is 1. The van der Waals surface area contributed by atoms with E-state index in [0.717, 1.165) is 16.6 Å². The summed E-state index contributed by atoms with van der Waals surface area (Å²) in [5.74, 6) is 0.491. The minimum atomic E-state index is -0.348. The first-order valence-corrected chi connectivity index (χ1v) is 8.95. The molecule has 0 saturated heterocycles. The van der Waals surface area contributed by atoms with Gasteiger partial charge < -0.3 is 9.15 Å². The number of hydrogen-bond donors (Lipinski definition) is 1. The van der Waals surface area contributed by atoms with Crippen molar-refractivity contribution < 1.29 is 13.9 Å². The molecular formula is C19H15N3O3S. The first kappa shape index (κ1) is 16.3. The highest BCUT2D eigenvalue weighted by Crippen LogP contribution is 2.30. The molecule has 0 atom stereocenters. The van der Waals surface area contributed by atoms with Crippen LogP contribution in [-0.2, 0) is 0 Å². The van der Waals surface area contributed by atoms with Gasteiger partial charge in [0.2, 0.25) is 0 Å². The third kappa shape index (κ3) is 3.16. The maximum Gasteiger partial charge on any atom is 0.293 e. The zero-order chi connectivity index (χ0) is 17.9. The molecule has 1 aromatic carbocycles. The summed E-state index contributed by atoms with van der Waals surface area (Å²) in [5.41, 5.74) is 2.30. The second kappa shape index (κ2) is 6.97. The monoisotopic (exact) mass is 365 g/mol. The summed E-state index contributed by atoms with van der Waals surface area (Å²) in [6, 6.07) is 11.0. The fourth-order valence-corrected chi connectivity index (χ4v) is 3.28. The van der Waals surface area contributed by atoms with E-state index in [0.29, 0.717) is 23.1 Å². The first-order chi connectivity index (χ1) is 12.7. The van der Waals surface area contributed by atoms with Crippen LogP contribution in [0.15, 0.2) is 58.6 Å². The van der Waals surface area contributed by atoms with E-state index in [-0.39, 0.29) is 11.7 Å². The zero-order valence-electron chi connectivity index (χ0n) is 13.9. The second-order valence-electron chi connectivity index (χ2n) is 5.45. The Kier molecular flexibility index (Phi) is 4.37. The van der Waals surface area contributed by atoms with Crippen molar-refractivity contribution in [3.63, 3.8) is 0 Å². The molecular weight excluding hydrogens is 350 g/mol. The van der Waals surface area contributed by atoms with Crippen LogP contribution in [0.5, 0.6) is 5.75 Å². The number of carbonyl (C=O) groups excluding carboxylic acids is 1. The fraction of sp³-hybridized carbons (Fsp3) is 0.105. The van der Waals surface area contributed by atoms with E-state index in [1.165, 1.54) is 11.3 Å². The van der Waals surface area contributed by atoms with Gasteiger partial charge in [0, 0.05) is 28.7 Å². The lowest BCUT2D eigenvalue weighted by molar-refractivity contribution is 0.0998. The average molecular weight is 365 g/mol. The Bertz CT molecular complexity index is 1060. The third-order valence-electron chi connectivity index (χ3n) is 3.73. The van der Waals surface area contributed by atoms with Gasteiger partial charge in [0.1, 0.15) is 0 Å². The van der Waals surface area contributed by atoms with Crippen LogP contribution in [0.2, 0.25) is 0 Å². The van der Waals surface area contributed by atoms with Crippen molar-refractivity contribution in [3.8, 4) is 17.0 Å². The van der Waals surface area contributed by atoms with Crippen molar-refractivity contribution in [1.82, 2.24) is 9.97 Å². The number of carbonyl (C=O) groups is 1. The lowest BCUT2D eigenvalue weighted by atomic mass is 10.2. The van der Waals surface area contributed by atoms with Crippen LogP contribution >= 0.6 is 11.3 Å². The first-order valence-electron chi connectivity index (χ1n) is 8.07. The Hall–Kier alpha value is -3.19. The lowest BCUT2D eigenvalue weighted by Gasteiger charge is -2.02. The van der Waals surface area contributed by atoms with E-state index in [1.54, 1.807) is 18.5 Å². The van der Waals surface area contributed by atoms with Crippen LogP contribution in [0, 0.1) is 0 Å². The number of aromatic nitrogens is 2. The molecule has 0 aliphatic rings. The SMILES string of the molecule is CCOc1cccc2cc(C(=O)Nc3nc(-c4ccncc4)cs3)oc12. The molecule has 3 heterocycles. The Morgan fingerprint density at radius 3 is 2.92 bits per heavy atom. The van der Waals surface area contributed by atoms with Crippen molar-refractivity contribution >= 4 is 33.3 Å². The molecule has 1 N–H and O–H groups in total. The van der Waals surface area contributed by atoms with Crippen LogP contribution in [0.25, 0.3) is 22.2 Å². The number of furan rings is 1. The number of fused-ring (bicyclic) bond motifs is 1. The number of hydrogen-bond acceptors (Lipinski definition) is 6. The van der Waals surface area contributed by atoms with E-state index in [2.05, 4.69) is 15.3 Å². The van der Waals surface area contributed by atoms with Crippen LogP contribution < -0.4 is 10.1 Å². The van der Waals surface area contributed by atoms with E-state index >= 15 is 0 Å². The van der Waals surface area contributed by atoms with Gasteiger partial charge in [-0.1, -0.05) is 12.1 Å². The maximum absolute atomic E-state index is 12.5. The van der Waals surface area contributed by atoms with Crippen LogP contribution in [-0.4, -0.2) is 22.5 Å². The average Bonchev–Trinajstić information content (AvgIpc) is 3.30. The molecule has 7 heteroatoms. The summed E-state index contributed by atoms with van der Waals surface area (Å²) in [5, 5.41) is 5.99. The van der Waals surface area contributed by atoms with E-state index < -0.39 is 0 Å². The molecule has 0 bridgehead atoms. The van der Waals surface area contributed by atoms with Gasteiger partial charge in [0.15, 0.2) is 22.2 Å². The van der Waals surface area contributed by atoms with Gasteiger partial charge in [-0.2, -0.15) is 0 Å². The molecule has 4 aromatic rings. The molecule has 130 valence electrons. The van der Waals surface area contributed by atoms with Crippen molar-refractivity contribution in [1.29, 1.82) is 0 Å². The third-order valence-corrected chi connectivity index (χ3v) is 4.49. The van der Waals surface area contributed by atoms with E-state index in [4.69, 9.17) is 9.15 Å². The Labute approximate surface area is 153 Å². The van der Waals surface area contributed by atoms with Gasteiger partial charge in [0.05, 0.1) is 12.3 Å². The molecule has 0 saturated carbocycles. The Morgan fingerprint density at radius 2 is 2.12 bits per heavy atom. The molecule has 0 fully saturated rings. The van der Waals surface area contributed by atoms with Crippen molar-refractivity contribution in [2.75, 3.05) is 11.9 Å². The highest BCUT2D eigenvalue weighted by Gasteiger charge is 2.16. The normalized spacial score (nSPS) is 10.8.